The highest BCUT2D eigenvalue weighted by atomic mass is 79.9. The second-order valence-electron chi connectivity index (χ2n) is 3.60. The van der Waals surface area contributed by atoms with Crippen LogP contribution in [0.4, 0.5) is 0 Å². The topological polar surface area (TPSA) is 17.1 Å². The van der Waals surface area contributed by atoms with E-state index in [1.54, 1.807) is 11.8 Å². The normalized spacial score (nSPS) is 10.5. The number of benzene rings is 1. The number of rotatable bonds is 4. The van der Waals surface area contributed by atoms with Gasteiger partial charge < -0.3 is 0 Å². The molecule has 0 saturated heterocycles. The summed E-state index contributed by atoms with van der Waals surface area (Å²) in [7, 11) is 0. The molecule has 0 radical (unpaired) electrons. The quantitative estimate of drug-likeness (QED) is 0.593. The lowest BCUT2D eigenvalue weighted by molar-refractivity contribution is 0.102. The van der Waals surface area contributed by atoms with Gasteiger partial charge >= 0.3 is 0 Å². The number of halogens is 1. The first kappa shape index (κ1) is 12.9. The molecule has 88 valence electrons. The third-order valence-electron chi connectivity index (χ3n) is 2.28. The minimum atomic E-state index is 0.211. The Morgan fingerprint density at radius 2 is 2.24 bits per heavy atom. The Morgan fingerprint density at radius 1 is 1.41 bits per heavy atom. The molecule has 0 N–H and O–H groups in total. The lowest BCUT2D eigenvalue weighted by Crippen LogP contribution is -2.01. The van der Waals surface area contributed by atoms with E-state index in [0.717, 1.165) is 19.8 Å². The Balaban J connectivity index is 1.99. The second kappa shape index (κ2) is 5.85. The number of thioether (sulfide) groups is 1. The maximum atomic E-state index is 12.0. The summed E-state index contributed by atoms with van der Waals surface area (Å²) < 4.78 is 1.04. The van der Waals surface area contributed by atoms with E-state index in [9.17, 15) is 4.79 Å². The van der Waals surface area contributed by atoms with Crippen LogP contribution in [-0.4, -0.2) is 11.5 Å². The summed E-state index contributed by atoms with van der Waals surface area (Å²) in [5.41, 5.74) is 1.08. The highest BCUT2D eigenvalue weighted by molar-refractivity contribution is 9.10. The summed E-state index contributed by atoms with van der Waals surface area (Å²) in [5.74, 6) is 0.708. The van der Waals surface area contributed by atoms with Gasteiger partial charge in [0.1, 0.15) is 0 Å². The van der Waals surface area contributed by atoms with E-state index in [1.807, 2.05) is 42.6 Å². The van der Waals surface area contributed by atoms with Crippen molar-refractivity contribution >= 4 is 44.8 Å². The van der Waals surface area contributed by atoms with Crippen LogP contribution in [0.25, 0.3) is 0 Å². The molecule has 1 heterocycles. The van der Waals surface area contributed by atoms with Crippen LogP contribution in [0.15, 0.2) is 45.1 Å². The second-order valence-corrected chi connectivity index (χ2v) is 6.48. The maximum absolute atomic E-state index is 12.0. The molecule has 1 nitrogen and oxygen atoms in total. The zero-order valence-electron chi connectivity index (χ0n) is 9.27. The number of aryl methyl sites for hydroxylation is 1. The van der Waals surface area contributed by atoms with Crippen molar-refractivity contribution in [2.24, 2.45) is 0 Å². The molecular formula is C13H11BrOS2. The monoisotopic (exact) mass is 326 g/mol. The standard InChI is InChI=1S/C13H11BrOS2/c1-9-5-6-16-13(9)12(15)8-17-11-4-2-3-10(14)7-11/h2-7H,8H2,1H3. The summed E-state index contributed by atoms with van der Waals surface area (Å²) in [6.45, 7) is 1.98. The number of Topliss-reactive ketones (excluding diaryl/α,β-unsaturated/α-hetero) is 1. The molecule has 0 aliphatic rings. The average Bonchev–Trinajstić information content (AvgIpc) is 2.72. The van der Waals surface area contributed by atoms with Crippen LogP contribution in [-0.2, 0) is 0 Å². The van der Waals surface area contributed by atoms with E-state index >= 15 is 0 Å². The zero-order chi connectivity index (χ0) is 12.3. The number of hydrogen-bond acceptors (Lipinski definition) is 3. The fourth-order valence-corrected chi connectivity index (χ4v) is 3.76. The first-order valence-corrected chi connectivity index (χ1v) is 7.78. The van der Waals surface area contributed by atoms with Gasteiger partial charge in [-0.15, -0.1) is 23.1 Å². The minimum Gasteiger partial charge on any atom is -0.292 e. The molecule has 0 aliphatic carbocycles. The number of carbonyl (C=O) groups is 1. The van der Waals surface area contributed by atoms with Crippen molar-refractivity contribution < 1.29 is 4.79 Å². The van der Waals surface area contributed by atoms with Gasteiger partial charge in [-0.1, -0.05) is 22.0 Å². The smallest absolute Gasteiger partial charge is 0.183 e. The van der Waals surface area contributed by atoms with Gasteiger partial charge in [0.05, 0.1) is 10.6 Å². The van der Waals surface area contributed by atoms with E-state index in [0.29, 0.717) is 5.75 Å². The summed E-state index contributed by atoms with van der Waals surface area (Å²) >= 11 is 6.52. The van der Waals surface area contributed by atoms with Gasteiger partial charge in [0.25, 0.3) is 0 Å². The van der Waals surface area contributed by atoms with Gasteiger partial charge in [-0.3, -0.25) is 4.79 Å². The van der Waals surface area contributed by atoms with E-state index in [1.165, 1.54) is 11.3 Å². The average molecular weight is 327 g/mol. The Kier molecular flexibility index (Phi) is 4.42. The predicted octanol–water partition coefficient (Wildman–Crippen LogP) is 4.79. The minimum absolute atomic E-state index is 0.211. The molecule has 0 unspecified atom stereocenters. The Hall–Kier alpha value is -0.580. The maximum Gasteiger partial charge on any atom is 0.183 e. The Morgan fingerprint density at radius 3 is 2.88 bits per heavy atom. The number of ketones is 1. The van der Waals surface area contributed by atoms with Crippen molar-refractivity contribution in [1.82, 2.24) is 0 Å². The van der Waals surface area contributed by atoms with Crippen molar-refractivity contribution in [1.29, 1.82) is 0 Å². The molecular weight excluding hydrogens is 316 g/mol. The molecule has 0 spiro atoms. The van der Waals surface area contributed by atoms with Crippen molar-refractivity contribution in [2.75, 3.05) is 5.75 Å². The lowest BCUT2D eigenvalue weighted by atomic mass is 10.2. The van der Waals surface area contributed by atoms with Crippen LogP contribution >= 0.6 is 39.0 Å². The highest BCUT2D eigenvalue weighted by Crippen LogP contribution is 2.24. The summed E-state index contributed by atoms with van der Waals surface area (Å²) in [6.07, 6.45) is 0. The number of carbonyl (C=O) groups excluding carboxylic acids is 1. The molecule has 0 amide bonds. The van der Waals surface area contributed by atoms with Crippen molar-refractivity contribution in [3.8, 4) is 0 Å². The van der Waals surface area contributed by atoms with Gasteiger partial charge in [0.2, 0.25) is 0 Å². The van der Waals surface area contributed by atoms with Gasteiger partial charge in [0, 0.05) is 9.37 Å². The van der Waals surface area contributed by atoms with Gasteiger partial charge in [-0.2, -0.15) is 0 Å². The highest BCUT2D eigenvalue weighted by Gasteiger charge is 2.10. The van der Waals surface area contributed by atoms with Crippen LogP contribution in [0.3, 0.4) is 0 Å². The molecule has 17 heavy (non-hydrogen) atoms. The fourth-order valence-electron chi connectivity index (χ4n) is 1.43. The van der Waals surface area contributed by atoms with Crippen LogP contribution in [0, 0.1) is 6.92 Å². The first-order valence-electron chi connectivity index (χ1n) is 5.12. The molecule has 0 bridgehead atoms. The summed E-state index contributed by atoms with van der Waals surface area (Å²) in [6, 6.07) is 9.99. The third kappa shape index (κ3) is 3.44. The molecule has 0 fully saturated rings. The van der Waals surface area contributed by atoms with E-state index in [-0.39, 0.29) is 5.78 Å². The molecule has 0 aliphatic heterocycles. The van der Waals surface area contributed by atoms with E-state index in [4.69, 9.17) is 0 Å². The van der Waals surface area contributed by atoms with Crippen molar-refractivity contribution in [3.63, 3.8) is 0 Å². The van der Waals surface area contributed by atoms with E-state index in [2.05, 4.69) is 15.9 Å². The van der Waals surface area contributed by atoms with Crippen LogP contribution < -0.4 is 0 Å². The van der Waals surface area contributed by atoms with Gasteiger partial charge in [0.15, 0.2) is 5.78 Å². The number of thiophene rings is 1. The van der Waals surface area contributed by atoms with Gasteiger partial charge in [-0.05, 0) is 42.1 Å². The molecule has 1 aromatic heterocycles. The first-order chi connectivity index (χ1) is 8.16. The van der Waals surface area contributed by atoms with Crippen LogP contribution in [0.2, 0.25) is 0 Å². The number of hydrogen-bond donors (Lipinski definition) is 0. The molecule has 2 rings (SSSR count). The van der Waals surface area contributed by atoms with Crippen LogP contribution in [0.5, 0.6) is 0 Å². The van der Waals surface area contributed by atoms with Gasteiger partial charge in [-0.25, -0.2) is 0 Å². The molecule has 1 aromatic carbocycles. The Labute approximate surface area is 117 Å². The summed E-state index contributed by atoms with van der Waals surface area (Å²) in [5, 5.41) is 1.96. The third-order valence-corrected chi connectivity index (χ3v) is 4.83. The van der Waals surface area contributed by atoms with Crippen LogP contribution in [0.1, 0.15) is 15.2 Å². The molecule has 0 saturated carbocycles. The molecule has 4 heteroatoms. The summed E-state index contributed by atoms with van der Waals surface area (Å²) in [4.78, 5) is 14.0. The Bertz CT molecular complexity index is 534. The molecule has 0 atom stereocenters. The van der Waals surface area contributed by atoms with Crippen molar-refractivity contribution in [3.05, 3.63) is 50.6 Å². The van der Waals surface area contributed by atoms with Crippen molar-refractivity contribution in [2.45, 2.75) is 11.8 Å². The SMILES string of the molecule is Cc1ccsc1C(=O)CSc1cccc(Br)c1. The fraction of sp³-hybridized carbons (Fsp3) is 0.154. The predicted molar refractivity (Wildman–Crippen MR) is 78.3 cm³/mol. The molecule has 2 aromatic rings. The zero-order valence-corrected chi connectivity index (χ0v) is 12.5. The lowest BCUT2D eigenvalue weighted by Gasteiger charge is -2.01. The van der Waals surface area contributed by atoms with E-state index < -0.39 is 0 Å². The largest absolute Gasteiger partial charge is 0.292 e.